The number of aliphatic carboxylic acids is 1. The Morgan fingerprint density at radius 1 is 1.19 bits per heavy atom. The molecule has 0 fully saturated rings. The Bertz CT molecular complexity index is 268. The van der Waals surface area contributed by atoms with Gasteiger partial charge in [-0.2, -0.15) is 0 Å². The standard InChI is InChI=1S/C8H15N3O5/c1-5(13)9-2-3-10-8(16)11-6(4-12)7(14)15/h6,12H,2-4H2,1H3,(H,9,13)(H,14,15)(H2,10,11,16)/t6-/m1/s1. The van der Waals surface area contributed by atoms with Gasteiger partial charge in [0.05, 0.1) is 6.61 Å². The van der Waals surface area contributed by atoms with Crippen LogP contribution >= 0.6 is 0 Å². The van der Waals surface area contributed by atoms with Crippen LogP contribution in [0.3, 0.4) is 0 Å². The lowest BCUT2D eigenvalue weighted by molar-refractivity contribution is -0.140. The topological polar surface area (TPSA) is 128 Å². The number of hydrogen-bond donors (Lipinski definition) is 5. The summed E-state index contributed by atoms with van der Waals surface area (Å²) in [7, 11) is 0. The molecule has 8 heteroatoms. The van der Waals surface area contributed by atoms with Gasteiger partial charge in [-0.05, 0) is 0 Å². The van der Waals surface area contributed by atoms with Crippen molar-refractivity contribution in [3.63, 3.8) is 0 Å². The molecule has 0 aromatic rings. The summed E-state index contributed by atoms with van der Waals surface area (Å²) in [4.78, 5) is 31.9. The number of amides is 3. The van der Waals surface area contributed by atoms with Gasteiger partial charge in [-0.1, -0.05) is 0 Å². The molecule has 0 spiro atoms. The molecule has 0 aliphatic rings. The number of carboxylic acids is 1. The molecule has 0 heterocycles. The summed E-state index contributed by atoms with van der Waals surface area (Å²) < 4.78 is 0. The molecule has 0 rings (SSSR count). The largest absolute Gasteiger partial charge is 0.480 e. The van der Waals surface area contributed by atoms with Crippen LogP contribution in [0, 0.1) is 0 Å². The van der Waals surface area contributed by atoms with Gasteiger partial charge in [-0.3, -0.25) is 4.79 Å². The van der Waals surface area contributed by atoms with E-state index < -0.39 is 24.6 Å². The predicted octanol–water partition coefficient (Wildman–Crippen LogP) is -2.13. The van der Waals surface area contributed by atoms with Crippen molar-refractivity contribution >= 4 is 17.9 Å². The third kappa shape index (κ3) is 6.60. The Morgan fingerprint density at radius 2 is 1.75 bits per heavy atom. The molecule has 0 unspecified atom stereocenters. The van der Waals surface area contributed by atoms with E-state index in [9.17, 15) is 14.4 Å². The van der Waals surface area contributed by atoms with Crippen molar-refractivity contribution in [2.24, 2.45) is 0 Å². The van der Waals surface area contributed by atoms with Crippen LogP contribution in [0.25, 0.3) is 0 Å². The van der Waals surface area contributed by atoms with E-state index in [2.05, 4.69) is 10.6 Å². The van der Waals surface area contributed by atoms with Gasteiger partial charge in [0.1, 0.15) is 0 Å². The number of aliphatic hydroxyl groups is 1. The average Bonchev–Trinajstić information content (AvgIpc) is 2.20. The molecule has 1 atom stereocenters. The Hall–Kier alpha value is -1.83. The maximum atomic E-state index is 11.1. The zero-order valence-electron chi connectivity index (χ0n) is 8.82. The molecular weight excluding hydrogens is 218 g/mol. The number of hydrogen-bond acceptors (Lipinski definition) is 4. The Kier molecular flexibility index (Phi) is 6.61. The Labute approximate surface area is 92.0 Å². The van der Waals surface area contributed by atoms with Gasteiger partial charge in [-0.15, -0.1) is 0 Å². The minimum Gasteiger partial charge on any atom is -0.480 e. The number of urea groups is 1. The molecule has 0 saturated carbocycles. The third-order valence-electron chi connectivity index (χ3n) is 1.57. The summed E-state index contributed by atoms with van der Waals surface area (Å²) >= 11 is 0. The van der Waals surface area contributed by atoms with Crippen molar-refractivity contribution in [2.45, 2.75) is 13.0 Å². The van der Waals surface area contributed by atoms with Crippen LogP contribution in [0.5, 0.6) is 0 Å². The normalized spacial score (nSPS) is 11.4. The van der Waals surface area contributed by atoms with Crippen molar-refractivity contribution < 1.29 is 24.6 Å². The van der Waals surface area contributed by atoms with Crippen LogP contribution in [0.2, 0.25) is 0 Å². The van der Waals surface area contributed by atoms with Crippen molar-refractivity contribution in [3.8, 4) is 0 Å². The van der Waals surface area contributed by atoms with E-state index in [4.69, 9.17) is 10.2 Å². The first-order valence-corrected chi connectivity index (χ1v) is 4.59. The molecule has 0 saturated heterocycles. The Balaban J connectivity index is 3.73. The van der Waals surface area contributed by atoms with Gasteiger partial charge < -0.3 is 26.2 Å². The summed E-state index contributed by atoms with van der Waals surface area (Å²) in [6.45, 7) is 1.07. The van der Waals surface area contributed by atoms with Gasteiger partial charge in [0.2, 0.25) is 5.91 Å². The van der Waals surface area contributed by atoms with Gasteiger partial charge in [0.15, 0.2) is 6.04 Å². The second-order valence-electron chi connectivity index (χ2n) is 2.96. The highest BCUT2D eigenvalue weighted by atomic mass is 16.4. The van der Waals surface area contributed by atoms with Crippen LogP contribution in [-0.2, 0) is 9.59 Å². The highest BCUT2D eigenvalue weighted by molar-refractivity contribution is 5.82. The smallest absolute Gasteiger partial charge is 0.328 e. The van der Waals surface area contributed by atoms with Gasteiger partial charge >= 0.3 is 12.0 Å². The van der Waals surface area contributed by atoms with E-state index in [1.54, 1.807) is 0 Å². The second-order valence-corrected chi connectivity index (χ2v) is 2.96. The number of carbonyl (C=O) groups is 3. The van der Waals surface area contributed by atoms with Crippen LogP contribution in [0.4, 0.5) is 4.79 Å². The maximum absolute atomic E-state index is 11.1. The summed E-state index contributed by atoms with van der Waals surface area (Å²) in [5.41, 5.74) is 0. The van der Waals surface area contributed by atoms with Crippen LogP contribution in [-0.4, -0.2) is 53.9 Å². The van der Waals surface area contributed by atoms with Crippen molar-refractivity contribution in [1.29, 1.82) is 0 Å². The van der Waals surface area contributed by atoms with Crippen molar-refractivity contribution in [2.75, 3.05) is 19.7 Å². The van der Waals surface area contributed by atoms with Gasteiger partial charge in [-0.25, -0.2) is 9.59 Å². The maximum Gasteiger partial charge on any atom is 0.328 e. The molecule has 0 aliphatic carbocycles. The molecule has 0 aromatic heterocycles. The lowest BCUT2D eigenvalue weighted by Gasteiger charge is -2.12. The van der Waals surface area contributed by atoms with Crippen molar-refractivity contribution in [1.82, 2.24) is 16.0 Å². The molecule has 16 heavy (non-hydrogen) atoms. The fraction of sp³-hybridized carbons (Fsp3) is 0.625. The van der Waals surface area contributed by atoms with E-state index in [1.165, 1.54) is 6.92 Å². The molecule has 92 valence electrons. The predicted molar refractivity (Wildman–Crippen MR) is 53.7 cm³/mol. The monoisotopic (exact) mass is 233 g/mol. The van der Waals surface area contributed by atoms with Gasteiger partial charge in [0, 0.05) is 20.0 Å². The minimum absolute atomic E-state index is 0.170. The van der Waals surface area contributed by atoms with E-state index in [0.29, 0.717) is 0 Å². The lowest BCUT2D eigenvalue weighted by atomic mass is 10.3. The highest BCUT2D eigenvalue weighted by Gasteiger charge is 2.17. The molecule has 0 aliphatic heterocycles. The van der Waals surface area contributed by atoms with Crippen LogP contribution in [0.15, 0.2) is 0 Å². The third-order valence-corrected chi connectivity index (χ3v) is 1.57. The number of carboxylic acid groups (broad SMARTS) is 1. The van der Waals surface area contributed by atoms with E-state index in [-0.39, 0.29) is 19.0 Å². The number of rotatable bonds is 6. The number of carbonyl (C=O) groups excluding carboxylic acids is 2. The Morgan fingerprint density at radius 3 is 2.19 bits per heavy atom. The average molecular weight is 233 g/mol. The molecule has 0 aromatic carbocycles. The van der Waals surface area contributed by atoms with Crippen LogP contribution < -0.4 is 16.0 Å². The molecule has 8 nitrogen and oxygen atoms in total. The van der Waals surface area contributed by atoms with E-state index >= 15 is 0 Å². The van der Waals surface area contributed by atoms with E-state index in [0.717, 1.165) is 0 Å². The zero-order valence-corrected chi connectivity index (χ0v) is 8.82. The lowest BCUT2D eigenvalue weighted by Crippen LogP contribution is -2.49. The summed E-state index contributed by atoms with van der Waals surface area (Å²) in [6, 6.07) is -2.05. The first kappa shape index (κ1) is 14.2. The van der Waals surface area contributed by atoms with Gasteiger partial charge in [0.25, 0.3) is 0 Å². The zero-order chi connectivity index (χ0) is 12.6. The second kappa shape index (κ2) is 7.46. The number of nitrogens with one attached hydrogen (secondary N) is 3. The molecule has 3 amide bonds. The number of aliphatic hydroxyl groups excluding tert-OH is 1. The minimum atomic E-state index is -1.33. The molecule has 0 radical (unpaired) electrons. The summed E-state index contributed by atoms with van der Waals surface area (Å²) in [5.74, 6) is -1.54. The first-order valence-electron chi connectivity index (χ1n) is 4.59. The molecule has 0 bridgehead atoms. The first-order chi connectivity index (χ1) is 7.47. The highest BCUT2D eigenvalue weighted by Crippen LogP contribution is 1.81. The fourth-order valence-electron chi connectivity index (χ4n) is 0.809. The molecular formula is C8H15N3O5. The fourth-order valence-corrected chi connectivity index (χ4v) is 0.809. The summed E-state index contributed by atoms with van der Waals surface area (Å²) in [5, 5.41) is 23.9. The quantitative estimate of drug-likeness (QED) is 0.335. The summed E-state index contributed by atoms with van der Waals surface area (Å²) in [6.07, 6.45) is 0. The van der Waals surface area contributed by atoms with Crippen LogP contribution in [0.1, 0.15) is 6.92 Å². The van der Waals surface area contributed by atoms with E-state index in [1.807, 2.05) is 5.32 Å². The SMILES string of the molecule is CC(=O)NCCNC(=O)N[C@H](CO)C(=O)O. The van der Waals surface area contributed by atoms with Crippen molar-refractivity contribution in [3.05, 3.63) is 0 Å². The molecule has 5 N–H and O–H groups in total.